The monoisotopic (exact) mass is 128 g/mol. The Morgan fingerprint density at radius 2 is 2.11 bits per heavy atom. The zero-order valence-corrected chi connectivity index (χ0v) is 6.27. The lowest BCUT2D eigenvalue weighted by atomic mass is 9.97. The second kappa shape index (κ2) is 3.62. The van der Waals surface area contributed by atoms with Gasteiger partial charge in [0.1, 0.15) is 5.78 Å². The molecule has 0 bridgehead atoms. The van der Waals surface area contributed by atoms with Crippen LogP contribution in [0, 0.1) is 5.92 Å². The quantitative estimate of drug-likeness (QED) is 0.573. The van der Waals surface area contributed by atoms with Crippen molar-refractivity contribution in [2.24, 2.45) is 5.92 Å². The molecule has 2 atom stereocenters. The minimum absolute atomic E-state index is 0.0237. The van der Waals surface area contributed by atoms with E-state index in [1.54, 1.807) is 0 Å². The molecule has 0 aromatic carbocycles. The minimum Gasteiger partial charge on any atom is -0.668 e. The Morgan fingerprint density at radius 1 is 1.67 bits per heavy atom. The van der Waals surface area contributed by atoms with Gasteiger partial charge in [-0.2, -0.15) is 0 Å². The van der Waals surface area contributed by atoms with E-state index in [-0.39, 0.29) is 11.7 Å². The first kappa shape index (κ1) is 8.63. The maximum Gasteiger partial charge on any atom is 0.112 e. The zero-order chi connectivity index (χ0) is 7.44. The van der Waals surface area contributed by atoms with Crippen LogP contribution in [0.1, 0.15) is 27.2 Å². The van der Waals surface area contributed by atoms with Gasteiger partial charge < -0.3 is 10.5 Å². The van der Waals surface area contributed by atoms with E-state index in [0.29, 0.717) is 0 Å². The largest absolute Gasteiger partial charge is 0.668 e. The maximum absolute atomic E-state index is 10.6. The predicted octanol–water partition coefficient (Wildman–Crippen LogP) is 2.04. The average Bonchev–Trinajstić information content (AvgIpc) is 1.84. The van der Waals surface area contributed by atoms with Crippen LogP contribution in [0.5, 0.6) is 0 Å². The Morgan fingerprint density at radius 3 is 2.22 bits per heavy atom. The number of ketones is 1. The first-order chi connectivity index (χ1) is 4.09. The Kier molecular flexibility index (Phi) is 3.47. The smallest absolute Gasteiger partial charge is 0.112 e. The topological polar surface area (TPSA) is 40.9 Å². The molecular formula is C7H14NO-. The molecule has 0 radical (unpaired) electrons. The molecule has 0 aromatic heterocycles. The van der Waals surface area contributed by atoms with Crippen molar-refractivity contribution >= 4 is 5.78 Å². The Hall–Kier alpha value is -0.370. The van der Waals surface area contributed by atoms with E-state index in [0.717, 1.165) is 6.42 Å². The molecule has 0 fully saturated rings. The summed E-state index contributed by atoms with van der Waals surface area (Å²) in [7, 11) is 0. The molecule has 0 saturated carbocycles. The maximum atomic E-state index is 10.6. The number of nitrogens with one attached hydrogen (secondary N) is 1. The van der Waals surface area contributed by atoms with E-state index in [9.17, 15) is 4.79 Å². The van der Waals surface area contributed by atoms with Gasteiger partial charge in [-0.05, 0) is 6.92 Å². The Labute approximate surface area is 56.4 Å². The van der Waals surface area contributed by atoms with Gasteiger partial charge in [0.25, 0.3) is 0 Å². The minimum atomic E-state index is -0.505. The van der Waals surface area contributed by atoms with Crippen LogP contribution in [-0.4, -0.2) is 11.8 Å². The fraction of sp³-hybridized carbons (Fsp3) is 0.857. The van der Waals surface area contributed by atoms with Crippen molar-refractivity contribution < 1.29 is 4.79 Å². The van der Waals surface area contributed by atoms with Crippen LogP contribution in [0.3, 0.4) is 0 Å². The summed E-state index contributed by atoms with van der Waals surface area (Å²) in [6, 6.07) is -0.505. The number of hydrogen-bond donors (Lipinski definition) is 0. The van der Waals surface area contributed by atoms with E-state index in [2.05, 4.69) is 0 Å². The lowest BCUT2D eigenvalue weighted by molar-refractivity contribution is -0.118. The summed E-state index contributed by atoms with van der Waals surface area (Å²) in [5.74, 6) is 0.187. The van der Waals surface area contributed by atoms with Crippen molar-refractivity contribution in [3.8, 4) is 0 Å². The van der Waals surface area contributed by atoms with Crippen molar-refractivity contribution in [2.45, 2.75) is 33.2 Å². The van der Waals surface area contributed by atoms with Crippen LogP contribution in [0.25, 0.3) is 5.73 Å². The molecule has 0 aliphatic carbocycles. The Bertz CT molecular complexity index is 101. The highest BCUT2D eigenvalue weighted by Gasteiger charge is 2.06. The molecule has 2 nitrogen and oxygen atoms in total. The van der Waals surface area contributed by atoms with Gasteiger partial charge in [-0.25, -0.2) is 0 Å². The van der Waals surface area contributed by atoms with Gasteiger partial charge in [0.2, 0.25) is 0 Å². The van der Waals surface area contributed by atoms with Gasteiger partial charge in [-0.3, -0.25) is 0 Å². The summed E-state index contributed by atoms with van der Waals surface area (Å²) < 4.78 is 0. The highest BCUT2D eigenvalue weighted by molar-refractivity contribution is 5.83. The van der Waals surface area contributed by atoms with E-state index in [4.69, 9.17) is 5.73 Å². The van der Waals surface area contributed by atoms with E-state index in [1.807, 2.05) is 13.8 Å². The van der Waals surface area contributed by atoms with Crippen molar-refractivity contribution in [1.29, 1.82) is 0 Å². The third kappa shape index (κ3) is 2.61. The molecule has 0 rings (SSSR count). The molecule has 54 valence electrons. The van der Waals surface area contributed by atoms with Gasteiger partial charge >= 0.3 is 0 Å². The molecule has 0 amide bonds. The number of carbonyl (C=O) groups is 1. The van der Waals surface area contributed by atoms with Crippen molar-refractivity contribution in [3.05, 3.63) is 5.73 Å². The van der Waals surface area contributed by atoms with E-state index >= 15 is 0 Å². The summed E-state index contributed by atoms with van der Waals surface area (Å²) in [4.78, 5) is 10.6. The summed E-state index contributed by atoms with van der Waals surface area (Å²) in [6.07, 6.45) is 0.910. The third-order valence-electron chi connectivity index (χ3n) is 1.65. The molecule has 2 unspecified atom stereocenters. The summed E-state index contributed by atoms with van der Waals surface area (Å²) >= 11 is 0. The SMILES string of the molecule is CCC(C)C([NH-])C(C)=O. The van der Waals surface area contributed by atoms with Crippen LogP contribution >= 0.6 is 0 Å². The van der Waals surface area contributed by atoms with Crippen molar-refractivity contribution in [2.75, 3.05) is 0 Å². The second-order valence-corrected chi connectivity index (χ2v) is 2.47. The van der Waals surface area contributed by atoms with Gasteiger partial charge in [0.05, 0.1) is 0 Å². The van der Waals surface area contributed by atoms with E-state index in [1.165, 1.54) is 6.92 Å². The van der Waals surface area contributed by atoms with Gasteiger partial charge in [-0.15, -0.1) is 0 Å². The first-order valence-electron chi connectivity index (χ1n) is 3.31. The lowest BCUT2D eigenvalue weighted by Crippen LogP contribution is -2.20. The molecule has 2 heteroatoms. The molecule has 0 aliphatic heterocycles. The average molecular weight is 128 g/mol. The molecule has 0 saturated heterocycles. The normalized spacial score (nSPS) is 16.9. The van der Waals surface area contributed by atoms with Gasteiger partial charge in [0, 0.05) is 0 Å². The van der Waals surface area contributed by atoms with Crippen LogP contribution in [0.2, 0.25) is 0 Å². The van der Waals surface area contributed by atoms with Crippen LogP contribution in [-0.2, 0) is 4.79 Å². The molecule has 0 heterocycles. The van der Waals surface area contributed by atoms with E-state index < -0.39 is 6.04 Å². The molecule has 0 spiro atoms. The summed E-state index contributed by atoms with van der Waals surface area (Å²) in [5, 5.41) is 0. The molecular weight excluding hydrogens is 114 g/mol. The number of Topliss-reactive ketones (excluding diaryl/α,β-unsaturated/α-hetero) is 1. The lowest BCUT2D eigenvalue weighted by Gasteiger charge is -2.22. The Balaban J connectivity index is 3.72. The molecule has 0 aliphatic rings. The first-order valence-corrected chi connectivity index (χ1v) is 3.31. The molecule has 0 aromatic rings. The highest BCUT2D eigenvalue weighted by atomic mass is 16.1. The second-order valence-electron chi connectivity index (χ2n) is 2.47. The fourth-order valence-corrected chi connectivity index (χ4v) is 0.636. The summed E-state index contributed by atoms with van der Waals surface area (Å²) in [6.45, 7) is 5.40. The third-order valence-corrected chi connectivity index (χ3v) is 1.65. The van der Waals surface area contributed by atoms with Gasteiger partial charge in [-0.1, -0.05) is 32.2 Å². The number of carbonyl (C=O) groups excluding carboxylic acids is 1. The van der Waals surface area contributed by atoms with Crippen LogP contribution < -0.4 is 0 Å². The number of rotatable bonds is 3. The molecule has 9 heavy (non-hydrogen) atoms. The van der Waals surface area contributed by atoms with Crippen molar-refractivity contribution in [3.63, 3.8) is 0 Å². The van der Waals surface area contributed by atoms with Crippen LogP contribution in [0.4, 0.5) is 0 Å². The summed E-state index contributed by atoms with van der Waals surface area (Å²) in [5.41, 5.74) is 7.28. The highest BCUT2D eigenvalue weighted by Crippen LogP contribution is 2.10. The molecule has 1 N–H and O–H groups in total. The van der Waals surface area contributed by atoms with Crippen molar-refractivity contribution in [1.82, 2.24) is 0 Å². The zero-order valence-electron chi connectivity index (χ0n) is 6.27. The fourth-order valence-electron chi connectivity index (χ4n) is 0.636. The van der Waals surface area contributed by atoms with Crippen LogP contribution in [0.15, 0.2) is 0 Å². The van der Waals surface area contributed by atoms with Gasteiger partial charge in [0.15, 0.2) is 0 Å². The number of hydrogen-bond acceptors (Lipinski definition) is 1. The standard InChI is InChI=1S/C7H14NO/c1-4-5(2)7(8)6(3)9/h5,7-8H,4H2,1-3H3/q-1. The predicted molar refractivity (Wildman–Crippen MR) is 38.2 cm³/mol.